The Morgan fingerprint density at radius 3 is 2.32 bits per heavy atom. The number of nitrogens with zero attached hydrogens (tertiary/aromatic N) is 1. The fraction of sp³-hybridized carbons (Fsp3) is 0.227. The van der Waals surface area contributed by atoms with Crippen LogP contribution >= 0.6 is 0 Å². The van der Waals surface area contributed by atoms with Gasteiger partial charge in [-0.1, -0.05) is 54.6 Å². The molecule has 3 aromatic rings. The fourth-order valence-electron chi connectivity index (χ4n) is 2.58. The third kappa shape index (κ3) is 5.33. The van der Waals surface area contributed by atoms with Gasteiger partial charge in [-0.25, -0.2) is 9.19 Å². The molecule has 0 N–H and O–H groups in total. The van der Waals surface area contributed by atoms with Crippen LogP contribution in [0, 0.1) is 0 Å². The van der Waals surface area contributed by atoms with Crippen LogP contribution < -0.4 is 0 Å². The molecule has 146 valence electrons. The maximum Gasteiger partial charge on any atom is 0.187 e. The molecule has 0 amide bonds. The second-order valence-corrected chi connectivity index (χ2v) is 7.44. The minimum Gasteiger partial charge on any atom is -0.356 e. The Kier molecular flexibility index (Phi) is 7.45. The number of hydrogen-bond donors (Lipinski definition) is 0. The van der Waals surface area contributed by atoms with E-state index in [4.69, 9.17) is 14.2 Å². The third-order valence-electron chi connectivity index (χ3n) is 4.09. The monoisotopic (exact) mass is 397 g/mol. The Balaban J connectivity index is 1.80. The maximum absolute atomic E-state index is 12.9. The molecule has 0 aliphatic carbocycles. The number of methoxy groups -OCH3 is 1. The fourth-order valence-corrected chi connectivity index (χ4v) is 3.73. The lowest BCUT2D eigenvalue weighted by atomic mass is 10.2. The first-order chi connectivity index (χ1) is 13.7. The Labute approximate surface area is 167 Å². The number of pyridine rings is 1. The van der Waals surface area contributed by atoms with Crippen molar-refractivity contribution in [1.82, 2.24) is 4.98 Å². The molecule has 0 spiro atoms. The van der Waals surface area contributed by atoms with Crippen molar-refractivity contribution < 1.29 is 18.4 Å². The van der Waals surface area contributed by atoms with E-state index < -0.39 is 23.4 Å². The zero-order chi connectivity index (χ0) is 19.8. The number of ether oxygens (including phenoxy) is 3. The topological polar surface area (TPSA) is 57.6 Å². The second-order valence-electron chi connectivity index (χ2n) is 6.04. The van der Waals surface area contributed by atoms with Gasteiger partial charge in [0, 0.05) is 29.3 Å². The summed E-state index contributed by atoms with van der Waals surface area (Å²) in [5.41, 5.74) is 1.63. The molecule has 0 aliphatic heterocycles. The summed E-state index contributed by atoms with van der Waals surface area (Å²) in [7, 11) is 0.192. The van der Waals surface area contributed by atoms with Gasteiger partial charge in [-0.2, -0.15) is 0 Å². The van der Waals surface area contributed by atoms with Gasteiger partial charge in [0.1, 0.15) is 15.8 Å². The molecule has 3 rings (SSSR count). The highest BCUT2D eigenvalue weighted by atomic mass is 32.2. The molecule has 3 unspecified atom stereocenters. The molecule has 6 heteroatoms. The van der Waals surface area contributed by atoms with Gasteiger partial charge in [-0.05, 0) is 25.1 Å². The van der Waals surface area contributed by atoms with E-state index in [-0.39, 0.29) is 6.61 Å². The molecule has 0 fully saturated rings. The van der Waals surface area contributed by atoms with Crippen LogP contribution in [0.15, 0.2) is 88.9 Å². The first-order valence-corrected chi connectivity index (χ1v) is 10.1. The van der Waals surface area contributed by atoms with Crippen LogP contribution in [0.4, 0.5) is 0 Å². The van der Waals surface area contributed by atoms with Crippen LogP contribution in [0.3, 0.4) is 0 Å². The normalized spacial score (nSPS) is 14.4. The summed E-state index contributed by atoms with van der Waals surface area (Å²) in [6.07, 6.45) is 0.587. The van der Waals surface area contributed by atoms with Gasteiger partial charge in [0.2, 0.25) is 0 Å². The molecule has 1 heterocycles. The second kappa shape index (κ2) is 10.2. The molecular weight excluding hydrogens is 374 g/mol. The van der Waals surface area contributed by atoms with Crippen LogP contribution in [-0.2, 0) is 31.6 Å². The zero-order valence-corrected chi connectivity index (χ0v) is 16.7. The first kappa shape index (κ1) is 20.4. The van der Waals surface area contributed by atoms with E-state index in [1.165, 1.54) is 0 Å². The number of hydrogen-bond acceptors (Lipinski definition) is 5. The largest absolute Gasteiger partial charge is 0.356 e. The summed E-state index contributed by atoms with van der Waals surface area (Å²) in [6.45, 7) is 2.01. The minimum atomic E-state index is -1.39. The molecule has 2 aromatic carbocycles. The molecule has 0 bridgehead atoms. The molecule has 5 nitrogen and oxygen atoms in total. The number of aromatic nitrogens is 1. The predicted molar refractivity (Wildman–Crippen MR) is 107 cm³/mol. The zero-order valence-electron chi connectivity index (χ0n) is 15.9. The summed E-state index contributed by atoms with van der Waals surface area (Å²) in [5, 5.41) is 0.486. The van der Waals surface area contributed by atoms with Crippen molar-refractivity contribution in [1.29, 1.82) is 0 Å². The van der Waals surface area contributed by atoms with E-state index in [1.807, 2.05) is 66.7 Å². The van der Waals surface area contributed by atoms with Gasteiger partial charge in [0.25, 0.3) is 0 Å². The van der Waals surface area contributed by atoms with E-state index in [9.17, 15) is 4.21 Å². The van der Waals surface area contributed by atoms with Crippen LogP contribution in [0.2, 0.25) is 0 Å². The maximum atomic E-state index is 12.9. The van der Waals surface area contributed by atoms with Crippen molar-refractivity contribution in [3.63, 3.8) is 0 Å². The lowest BCUT2D eigenvalue weighted by Gasteiger charge is -2.22. The van der Waals surface area contributed by atoms with Gasteiger partial charge in [-0.15, -0.1) is 0 Å². The molecule has 3 atom stereocenters. The molecule has 0 radical (unpaired) electrons. The van der Waals surface area contributed by atoms with Crippen LogP contribution in [-0.4, -0.2) is 22.6 Å². The average molecular weight is 397 g/mol. The molecule has 0 saturated carbocycles. The molecular formula is C22H23NO4S. The van der Waals surface area contributed by atoms with E-state index >= 15 is 0 Å². The van der Waals surface area contributed by atoms with Crippen LogP contribution in [0.25, 0.3) is 0 Å². The lowest BCUT2D eigenvalue weighted by molar-refractivity contribution is -0.239. The summed E-state index contributed by atoms with van der Waals surface area (Å²) < 4.78 is 30.0. The molecule has 28 heavy (non-hydrogen) atoms. The van der Waals surface area contributed by atoms with Crippen molar-refractivity contribution in [2.45, 2.75) is 36.0 Å². The van der Waals surface area contributed by atoms with Crippen molar-refractivity contribution in [2.75, 3.05) is 7.11 Å². The van der Waals surface area contributed by atoms with Gasteiger partial charge in [-0.3, -0.25) is 0 Å². The Hall–Kier alpha value is -2.38. The summed E-state index contributed by atoms with van der Waals surface area (Å²) in [6, 6.07) is 22.6. The van der Waals surface area contributed by atoms with E-state index in [0.717, 1.165) is 11.1 Å². The Bertz CT molecular complexity index is 889. The van der Waals surface area contributed by atoms with Gasteiger partial charge in [0.05, 0.1) is 6.61 Å². The Morgan fingerprint density at radius 1 is 0.964 bits per heavy atom. The van der Waals surface area contributed by atoms with Gasteiger partial charge in [0.15, 0.2) is 12.6 Å². The van der Waals surface area contributed by atoms with Gasteiger partial charge < -0.3 is 14.2 Å². The smallest absolute Gasteiger partial charge is 0.187 e. The minimum absolute atomic E-state index is 0.206. The van der Waals surface area contributed by atoms with E-state index in [1.54, 1.807) is 26.3 Å². The van der Waals surface area contributed by atoms with Crippen molar-refractivity contribution in [2.24, 2.45) is 0 Å². The van der Waals surface area contributed by atoms with Crippen LogP contribution in [0.1, 0.15) is 24.3 Å². The third-order valence-corrected chi connectivity index (χ3v) is 5.51. The highest BCUT2D eigenvalue weighted by Crippen LogP contribution is 2.25. The Morgan fingerprint density at radius 2 is 1.64 bits per heavy atom. The molecule has 0 saturated heterocycles. The highest BCUT2D eigenvalue weighted by Gasteiger charge is 2.19. The quantitative estimate of drug-likeness (QED) is 0.499. The summed E-state index contributed by atoms with van der Waals surface area (Å²) >= 11 is 0. The van der Waals surface area contributed by atoms with E-state index in [0.29, 0.717) is 9.92 Å². The van der Waals surface area contributed by atoms with Crippen LogP contribution in [0.5, 0.6) is 0 Å². The van der Waals surface area contributed by atoms with Crippen molar-refractivity contribution in [3.8, 4) is 0 Å². The van der Waals surface area contributed by atoms with Gasteiger partial charge >= 0.3 is 0 Å². The lowest BCUT2D eigenvalue weighted by Crippen LogP contribution is -2.18. The van der Waals surface area contributed by atoms with Crippen molar-refractivity contribution >= 4 is 10.8 Å². The molecule has 0 aliphatic rings. The number of benzene rings is 2. The highest BCUT2D eigenvalue weighted by molar-refractivity contribution is 7.85. The average Bonchev–Trinajstić information content (AvgIpc) is 2.77. The first-order valence-electron chi connectivity index (χ1n) is 8.94. The van der Waals surface area contributed by atoms with Crippen molar-refractivity contribution in [3.05, 3.63) is 90.1 Å². The SMILES string of the molecule is COC(C)OC(OCc1cccnc1S(=O)c1ccccc1)c1ccccc1. The standard InChI is InChI=1S/C22H23NO4S/c1-17(25-2)27-22(18-10-5-3-6-11-18)26-16-19-12-9-15-23-21(19)28(24)20-13-7-4-8-14-20/h3-15,17,22H,16H2,1-2H3. The number of rotatable bonds is 9. The van der Waals surface area contributed by atoms with E-state index in [2.05, 4.69) is 4.98 Å². The summed E-state index contributed by atoms with van der Waals surface area (Å²) in [4.78, 5) is 5.04. The predicted octanol–water partition coefficient (Wildman–Crippen LogP) is 4.47. The molecule has 1 aromatic heterocycles. The summed E-state index contributed by atoms with van der Waals surface area (Å²) in [5.74, 6) is 0.